The Morgan fingerprint density at radius 1 is 1.00 bits per heavy atom. The van der Waals surface area contributed by atoms with Crippen molar-refractivity contribution < 1.29 is 14.6 Å². The van der Waals surface area contributed by atoms with Crippen molar-refractivity contribution in [3.8, 4) is 0 Å². The molecule has 0 amide bonds. The Bertz CT molecular complexity index is 274. The monoisotopic (exact) mass is 312 g/mol. The van der Waals surface area contributed by atoms with Gasteiger partial charge in [0.15, 0.2) is 0 Å². The number of hydrogen-bond donors (Lipinski definition) is 1. The highest BCUT2D eigenvalue weighted by Crippen LogP contribution is 2.10. The molecule has 0 aromatic rings. The number of hydrogen-bond acceptors (Lipinski definition) is 3. The Hall–Kier alpha value is -0.830. The minimum absolute atomic E-state index is 0.116. The molecule has 0 bridgehead atoms. The van der Waals surface area contributed by atoms with Crippen molar-refractivity contribution in [1.82, 2.24) is 0 Å². The van der Waals surface area contributed by atoms with Gasteiger partial charge in [-0.1, -0.05) is 70.4 Å². The van der Waals surface area contributed by atoms with Gasteiger partial charge in [-0.3, -0.25) is 4.79 Å². The van der Waals surface area contributed by atoms with Gasteiger partial charge in [0.05, 0.1) is 13.2 Å². The van der Waals surface area contributed by atoms with E-state index in [0.29, 0.717) is 6.42 Å². The maximum Gasteiger partial charge on any atom is 0.305 e. The minimum Gasteiger partial charge on any atom is -0.469 e. The highest BCUT2D eigenvalue weighted by Gasteiger charge is 2.01. The molecule has 1 N–H and O–H groups in total. The van der Waals surface area contributed by atoms with Gasteiger partial charge in [0.2, 0.25) is 0 Å². The molecule has 0 heterocycles. The zero-order chi connectivity index (χ0) is 16.5. The lowest BCUT2D eigenvalue weighted by Crippen LogP contribution is -2.01. The van der Waals surface area contributed by atoms with Gasteiger partial charge in [0.25, 0.3) is 0 Å². The van der Waals surface area contributed by atoms with Crippen LogP contribution in [0.4, 0.5) is 0 Å². The molecule has 0 saturated heterocycles. The predicted octanol–water partition coefficient (Wildman–Crippen LogP) is 5.17. The summed E-state index contributed by atoms with van der Waals surface area (Å²) in [5, 5.41) is 9.85. The number of esters is 1. The quantitative estimate of drug-likeness (QED) is 0.258. The summed E-state index contributed by atoms with van der Waals surface area (Å²) < 4.78 is 4.60. The largest absolute Gasteiger partial charge is 0.469 e. The summed E-state index contributed by atoms with van der Waals surface area (Å²) in [5.41, 5.74) is 0. The van der Waals surface area contributed by atoms with Crippen LogP contribution < -0.4 is 0 Å². The zero-order valence-electron chi connectivity index (χ0n) is 14.7. The molecule has 1 unspecified atom stereocenters. The standard InChI is InChI=1S/C19H36O3/c1-3-4-5-6-7-9-12-15-18(20)16-13-10-8-11-14-17-19(21)22-2/h12,15,18,20H,3-11,13-14,16-17H2,1-2H3. The molecule has 0 saturated carbocycles. The van der Waals surface area contributed by atoms with Crippen molar-refractivity contribution in [3.63, 3.8) is 0 Å². The Balaban J connectivity index is 3.31. The van der Waals surface area contributed by atoms with Gasteiger partial charge in [-0.2, -0.15) is 0 Å². The first-order valence-electron chi connectivity index (χ1n) is 9.12. The normalized spacial score (nSPS) is 12.7. The fourth-order valence-corrected chi connectivity index (χ4v) is 2.47. The average Bonchev–Trinajstić information content (AvgIpc) is 2.52. The topological polar surface area (TPSA) is 46.5 Å². The zero-order valence-corrected chi connectivity index (χ0v) is 14.7. The summed E-state index contributed by atoms with van der Waals surface area (Å²) in [6, 6.07) is 0. The lowest BCUT2D eigenvalue weighted by atomic mass is 10.1. The van der Waals surface area contributed by atoms with Crippen LogP contribution in [-0.2, 0) is 9.53 Å². The van der Waals surface area contributed by atoms with Crippen LogP contribution in [0.2, 0.25) is 0 Å². The summed E-state index contributed by atoms with van der Waals surface area (Å²) in [5.74, 6) is -0.116. The van der Waals surface area contributed by atoms with E-state index in [1.807, 2.05) is 6.08 Å². The van der Waals surface area contributed by atoms with Crippen LogP contribution in [0.3, 0.4) is 0 Å². The van der Waals surface area contributed by atoms with Crippen molar-refractivity contribution in [1.29, 1.82) is 0 Å². The SMILES string of the molecule is CCCCCCCC=CC(O)CCCCCCCC(=O)OC. The smallest absolute Gasteiger partial charge is 0.305 e. The van der Waals surface area contributed by atoms with E-state index >= 15 is 0 Å². The van der Waals surface area contributed by atoms with Crippen LogP contribution in [0.5, 0.6) is 0 Å². The molecule has 130 valence electrons. The molecular weight excluding hydrogens is 276 g/mol. The Kier molecular flexibility index (Phi) is 15.9. The number of carbonyl (C=O) groups is 1. The Labute approximate surface area is 137 Å². The van der Waals surface area contributed by atoms with Crippen molar-refractivity contribution in [2.75, 3.05) is 7.11 Å². The maximum absolute atomic E-state index is 10.9. The number of aliphatic hydroxyl groups is 1. The second-order valence-electron chi connectivity index (χ2n) is 6.08. The summed E-state index contributed by atoms with van der Waals surface area (Å²) in [7, 11) is 1.43. The van der Waals surface area contributed by atoms with E-state index in [2.05, 4.69) is 17.7 Å². The second kappa shape index (κ2) is 16.5. The van der Waals surface area contributed by atoms with Crippen molar-refractivity contribution in [2.45, 2.75) is 96.5 Å². The highest BCUT2D eigenvalue weighted by molar-refractivity contribution is 5.68. The third-order valence-electron chi connectivity index (χ3n) is 3.94. The number of carbonyl (C=O) groups excluding carboxylic acids is 1. The number of rotatable bonds is 15. The van der Waals surface area contributed by atoms with E-state index < -0.39 is 0 Å². The summed E-state index contributed by atoms with van der Waals surface area (Å²) in [4.78, 5) is 10.9. The molecule has 22 heavy (non-hydrogen) atoms. The predicted molar refractivity (Wildman–Crippen MR) is 92.9 cm³/mol. The first kappa shape index (κ1) is 21.2. The number of aliphatic hydroxyl groups excluding tert-OH is 1. The molecule has 1 atom stereocenters. The fourth-order valence-electron chi connectivity index (χ4n) is 2.47. The van der Waals surface area contributed by atoms with E-state index in [0.717, 1.165) is 44.9 Å². The first-order chi connectivity index (χ1) is 10.7. The molecule has 3 heteroatoms. The van der Waals surface area contributed by atoms with Gasteiger partial charge in [-0.05, 0) is 25.7 Å². The van der Waals surface area contributed by atoms with Crippen LogP contribution >= 0.6 is 0 Å². The van der Waals surface area contributed by atoms with Gasteiger partial charge >= 0.3 is 5.97 Å². The number of unbranched alkanes of at least 4 members (excludes halogenated alkanes) is 9. The summed E-state index contributed by atoms with van der Waals surface area (Å²) in [6.45, 7) is 2.23. The molecule has 0 radical (unpaired) electrons. The van der Waals surface area contributed by atoms with E-state index in [-0.39, 0.29) is 12.1 Å². The van der Waals surface area contributed by atoms with Gasteiger partial charge in [0.1, 0.15) is 0 Å². The third kappa shape index (κ3) is 15.6. The Morgan fingerprint density at radius 2 is 1.64 bits per heavy atom. The first-order valence-corrected chi connectivity index (χ1v) is 9.12. The molecule has 0 aliphatic heterocycles. The molecule has 0 aliphatic carbocycles. The molecule has 0 aromatic carbocycles. The van der Waals surface area contributed by atoms with E-state index in [1.165, 1.54) is 39.2 Å². The highest BCUT2D eigenvalue weighted by atomic mass is 16.5. The van der Waals surface area contributed by atoms with Crippen LogP contribution in [0.25, 0.3) is 0 Å². The average molecular weight is 312 g/mol. The van der Waals surface area contributed by atoms with Crippen LogP contribution in [-0.4, -0.2) is 24.3 Å². The molecule has 0 rings (SSSR count). The van der Waals surface area contributed by atoms with Gasteiger partial charge < -0.3 is 9.84 Å². The van der Waals surface area contributed by atoms with Crippen molar-refractivity contribution in [2.24, 2.45) is 0 Å². The summed E-state index contributed by atoms with van der Waals surface area (Å²) >= 11 is 0. The van der Waals surface area contributed by atoms with Gasteiger partial charge in [-0.25, -0.2) is 0 Å². The van der Waals surface area contributed by atoms with Crippen molar-refractivity contribution >= 4 is 5.97 Å². The number of ether oxygens (including phenoxy) is 1. The molecule has 0 aliphatic rings. The van der Waals surface area contributed by atoms with Crippen LogP contribution in [0, 0.1) is 0 Å². The Morgan fingerprint density at radius 3 is 2.36 bits per heavy atom. The van der Waals surface area contributed by atoms with E-state index in [9.17, 15) is 9.90 Å². The lowest BCUT2D eigenvalue weighted by molar-refractivity contribution is -0.140. The van der Waals surface area contributed by atoms with Gasteiger partial charge in [-0.15, -0.1) is 0 Å². The molecule has 3 nitrogen and oxygen atoms in total. The molecule has 0 fully saturated rings. The molecule has 0 spiro atoms. The van der Waals surface area contributed by atoms with E-state index in [4.69, 9.17) is 0 Å². The van der Waals surface area contributed by atoms with E-state index in [1.54, 1.807) is 0 Å². The second-order valence-corrected chi connectivity index (χ2v) is 6.08. The maximum atomic E-state index is 10.9. The molecular formula is C19H36O3. The van der Waals surface area contributed by atoms with Crippen LogP contribution in [0.1, 0.15) is 90.4 Å². The summed E-state index contributed by atoms with van der Waals surface area (Å²) in [6.07, 6.45) is 18.1. The van der Waals surface area contributed by atoms with Gasteiger partial charge in [0, 0.05) is 6.42 Å². The lowest BCUT2D eigenvalue weighted by Gasteiger charge is -2.05. The molecule has 0 aromatic heterocycles. The third-order valence-corrected chi connectivity index (χ3v) is 3.94. The fraction of sp³-hybridized carbons (Fsp3) is 0.842. The van der Waals surface area contributed by atoms with Crippen molar-refractivity contribution in [3.05, 3.63) is 12.2 Å². The minimum atomic E-state index is -0.286. The number of allylic oxidation sites excluding steroid dienone is 1. The number of methoxy groups -OCH3 is 1. The van der Waals surface area contributed by atoms with Crippen LogP contribution in [0.15, 0.2) is 12.2 Å².